The van der Waals surface area contributed by atoms with Gasteiger partial charge >= 0.3 is 0 Å². The molecule has 28 heavy (non-hydrogen) atoms. The number of rotatable bonds is 4. The van der Waals surface area contributed by atoms with Gasteiger partial charge in [0, 0.05) is 23.1 Å². The number of hydrogen-bond acceptors (Lipinski definition) is 4. The zero-order valence-electron chi connectivity index (χ0n) is 14.6. The fourth-order valence-electron chi connectivity index (χ4n) is 2.93. The van der Waals surface area contributed by atoms with Gasteiger partial charge in [0.2, 0.25) is 0 Å². The van der Waals surface area contributed by atoms with Gasteiger partial charge in [-0.25, -0.2) is 4.39 Å². The van der Waals surface area contributed by atoms with E-state index in [9.17, 15) is 19.1 Å². The van der Waals surface area contributed by atoms with E-state index in [1.165, 1.54) is 6.07 Å². The van der Waals surface area contributed by atoms with Crippen LogP contribution in [0.5, 0.6) is 5.75 Å². The van der Waals surface area contributed by atoms with Gasteiger partial charge in [0.1, 0.15) is 11.6 Å². The second-order valence-corrected chi connectivity index (χ2v) is 7.17. The first-order valence-corrected chi connectivity index (χ1v) is 9.30. The molecule has 0 atom stereocenters. The maximum atomic E-state index is 13.9. The Labute approximate surface area is 164 Å². The third-order valence-electron chi connectivity index (χ3n) is 4.35. The van der Waals surface area contributed by atoms with Crippen LogP contribution in [0.3, 0.4) is 0 Å². The molecule has 1 aromatic heterocycles. The van der Waals surface area contributed by atoms with Gasteiger partial charge in [0.15, 0.2) is 0 Å². The van der Waals surface area contributed by atoms with Crippen LogP contribution in [-0.4, -0.2) is 25.7 Å². The molecule has 5 nitrogen and oxygen atoms in total. The van der Waals surface area contributed by atoms with Crippen LogP contribution in [0.4, 0.5) is 9.18 Å². The smallest absolute Gasteiger partial charge is 0.293 e. The third-order valence-corrected chi connectivity index (χ3v) is 5.25. The number of hydrogen-bond donors (Lipinski definition) is 1. The molecule has 0 unspecified atom stereocenters. The van der Waals surface area contributed by atoms with E-state index in [0.29, 0.717) is 11.3 Å². The molecule has 1 aliphatic heterocycles. The first-order valence-electron chi connectivity index (χ1n) is 8.48. The van der Waals surface area contributed by atoms with Crippen molar-refractivity contribution < 1.29 is 19.1 Å². The molecular formula is C21H15FN2O3S. The Hall–Kier alpha value is -3.32. The number of aromatic nitrogens is 1. The summed E-state index contributed by atoms with van der Waals surface area (Å²) < 4.78 is 15.7. The van der Waals surface area contributed by atoms with Gasteiger partial charge in [-0.05, 0) is 60.3 Å². The number of aromatic hydroxyl groups is 1. The molecule has 0 aliphatic carbocycles. The van der Waals surface area contributed by atoms with Crippen LogP contribution in [0, 0.1) is 5.82 Å². The molecule has 1 N–H and O–H groups in total. The largest absolute Gasteiger partial charge is 0.508 e. The minimum absolute atomic E-state index is 0.104. The lowest BCUT2D eigenvalue weighted by molar-refractivity contribution is -0.123. The summed E-state index contributed by atoms with van der Waals surface area (Å²) >= 11 is 0.834. The summed E-state index contributed by atoms with van der Waals surface area (Å²) in [6, 6.07) is 16.4. The number of carbonyl (C=O) groups is 2. The SMILES string of the molecule is O=C1S/C(=C\c2cccn2-c2ccc(O)cc2)C(=O)N1Cc1ccccc1F. The molecule has 1 fully saturated rings. The van der Waals surface area contributed by atoms with Crippen molar-refractivity contribution in [1.82, 2.24) is 9.47 Å². The zero-order valence-corrected chi connectivity index (χ0v) is 15.4. The number of amides is 2. The maximum Gasteiger partial charge on any atom is 0.293 e. The van der Waals surface area contributed by atoms with Crippen LogP contribution in [0.25, 0.3) is 11.8 Å². The number of phenols is 1. The Kier molecular flexibility index (Phi) is 4.75. The van der Waals surface area contributed by atoms with Gasteiger partial charge in [-0.3, -0.25) is 14.5 Å². The van der Waals surface area contributed by atoms with E-state index in [2.05, 4.69) is 0 Å². The van der Waals surface area contributed by atoms with E-state index in [-0.39, 0.29) is 17.2 Å². The highest BCUT2D eigenvalue weighted by molar-refractivity contribution is 8.18. The van der Waals surface area contributed by atoms with E-state index in [1.807, 2.05) is 22.9 Å². The zero-order chi connectivity index (χ0) is 19.7. The molecule has 0 bridgehead atoms. The number of benzene rings is 2. The highest BCUT2D eigenvalue weighted by Gasteiger charge is 2.35. The second kappa shape index (κ2) is 7.36. The van der Waals surface area contributed by atoms with Crippen molar-refractivity contribution in [2.75, 3.05) is 0 Å². The van der Waals surface area contributed by atoms with Gasteiger partial charge in [-0.2, -0.15) is 0 Å². The monoisotopic (exact) mass is 394 g/mol. The molecule has 2 aromatic carbocycles. The number of thioether (sulfide) groups is 1. The first-order chi connectivity index (χ1) is 13.5. The van der Waals surface area contributed by atoms with Crippen LogP contribution in [-0.2, 0) is 11.3 Å². The number of nitrogens with zero attached hydrogens (tertiary/aromatic N) is 2. The Morgan fingerprint density at radius 1 is 1.00 bits per heavy atom. The Morgan fingerprint density at radius 2 is 1.75 bits per heavy atom. The number of phenolic OH excluding ortho intramolecular Hbond substituents is 1. The second-order valence-electron chi connectivity index (χ2n) is 6.18. The van der Waals surface area contributed by atoms with Crippen molar-refractivity contribution in [3.63, 3.8) is 0 Å². The number of imide groups is 1. The molecule has 0 radical (unpaired) electrons. The fraction of sp³-hybridized carbons (Fsp3) is 0.0476. The van der Waals surface area contributed by atoms with Gasteiger partial charge < -0.3 is 9.67 Å². The lowest BCUT2D eigenvalue weighted by atomic mass is 10.2. The standard InChI is InChI=1S/C21H15FN2O3S/c22-18-6-2-1-4-14(18)13-24-20(26)19(28-21(24)27)12-16-5-3-11-23(16)15-7-9-17(25)10-8-15/h1-12,25H,13H2/b19-12-. The van der Waals surface area contributed by atoms with Gasteiger partial charge in [0.25, 0.3) is 11.1 Å². The van der Waals surface area contributed by atoms with Crippen LogP contribution < -0.4 is 0 Å². The maximum absolute atomic E-state index is 13.9. The molecule has 3 aromatic rings. The van der Waals surface area contributed by atoms with Crippen molar-refractivity contribution >= 4 is 29.0 Å². The Bertz CT molecular complexity index is 1090. The van der Waals surface area contributed by atoms with Gasteiger partial charge in [0.05, 0.1) is 11.4 Å². The van der Waals surface area contributed by atoms with Gasteiger partial charge in [-0.15, -0.1) is 0 Å². The predicted molar refractivity (Wildman–Crippen MR) is 105 cm³/mol. The number of halogens is 1. The molecule has 1 aliphatic rings. The molecule has 0 spiro atoms. The molecule has 2 amide bonds. The Balaban J connectivity index is 1.61. The third kappa shape index (κ3) is 3.44. The fourth-order valence-corrected chi connectivity index (χ4v) is 3.75. The topological polar surface area (TPSA) is 62.5 Å². The quantitative estimate of drug-likeness (QED) is 0.659. The summed E-state index contributed by atoms with van der Waals surface area (Å²) in [5, 5.41) is 9.02. The summed E-state index contributed by atoms with van der Waals surface area (Å²) in [4.78, 5) is 26.3. The van der Waals surface area contributed by atoms with Crippen LogP contribution in [0.1, 0.15) is 11.3 Å². The highest BCUT2D eigenvalue weighted by atomic mass is 32.2. The van der Waals surface area contributed by atoms with Crippen molar-refractivity contribution in [1.29, 1.82) is 0 Å². The van der Waals surface area contributed by atoms with Crippen molar-refractivity contribution in [3.05, 3.63) is 88.8 Å². The molecule has 2 heterocycles. The normalized spacial score (nSPS) is 15.6. The molecule has 1 saturated heterocycles. The van der Waals surface area contributed by atoms with Crippen molar-refractivity contribution in [3.8, 4) is 11.4 Å². The Morgan fingerprint density at radius 3 is 2.50 bits per heavy atom. The average Bonchev–Trinajstić information content (AvgIpc) is 3.24. The predicted octanol–water partition coefficient (Wildman–Crippen LogP) is 4.56. The molecular weight excluding hydrogens is 379 g/mol. The van der Waals surface area contributed by atoms with E-state index in [1.54, 1.807) is 48.5 Å². The molecule has 0 saturated carbocycles. The van der Waals surface area contributed by atoms with Crippen LogP contribution >= 0.6 is 11.8 Å². The molecule has 7 heteroatoms. The lowest BCUT2D eigenvalue weighted by Gasteiger charge is -2.12. The van der Waals surface area contributed by atoms with Crippen LogP contribution in [0.2, 0.25) is 0 Å². The van der Waals surface area contributed by atoms with Crippen molar-refractivity contribution in [2.45, 2.75) is 6.54 Å². The van der Waals surface area contributed by atoms with Crippen LogP contribution in [0.15, 0.2) is 71.8 Å². The first kappa shape index (κ1) is 18.1. The summed E-state index contributed by atoms with van der Waals surface area (Å²) in [6.45, 7) is -0.104. The van der Waals surface area contributed by atoms with Crippen molar-refractivity contribution in [2.24, 2.45) is 0 Å². The van der Waals surface area contributed by atoms with E-state index < -0.39 is 17.0 Å². The summed E-state index contributed by atoms with van der Waals surface area (Å²) in [5.41, 5.74) is 1.81. The van der Waals surface area contributed by atoms with Gasteiger partial charge in [-0.1, -0.05) is 18.2 Å². The van der Waals surface area contributed by atoms with E-state index >= 15 is 0 Å². The molecule has 4 rings (SSSR count). The van der Waals surface area contributed by atoms with E-state index in [4.69, 9.17) is 0 Å². The summed E-state index contributed by atoms with van der Waals surface area (Å²) in [5.74, 6) is -0.741. The van der Waals surface area contributed by atoms with E-state index in [0.717, 1.165) is 22.3 Å². The highest BCUT2D eigenvalue weighted by Crippen LogP contribution is 2.34. The average molecular weight is 394 g/mol. The summed E-state index contributed by atoms with van der Waals surface area (Å²) in [6.07, 6.45) is 3.46. The minimum atomic E-state index is -0.452. The minimum Gasteiger partial charge on any atom is -0.508 e. The lowest BCUT2D eigenvalue weighted by Crippen LogP contribution is -2.27. The summed E-state index contributed by atoms with van der Waals surface area (Å²) in [7, 11) is 0. The number of carbonyl (C=O) groups excluding carboxylic acids is 2. The molecule has 140 valence electrons.